The molecule has 3 aromatic carbocycles. The minimum Gasteiger partial charge on any atom is -0.324 e. The molecule has 0 saturated carbocycles. The fourth-order valence-corrected chi connectivity index (χ4v) is 5.13. The highest BCUT2D eigenvalue weighted by atomic mass is 35.5. The number of anilines is 2. The summed E-state index contributed by atoms with van der Waals surface area (Å²) in [5.74, 6) is -0.520. The lowest BCUT2D eigenvalue weighted by Crippen LogP contribution is -2.38. The van der Waals surface area contributed by atoms with Gasteiger partial charge in [0.2, 0.25) is 5.91 Å². The molecule has 0 saturated heterocycles. The smallest absolute Gasteiger partial charge is 0.264 e. The van der Waals surface area contributed by atoms with Gasteiger partial charge in [-0.05, 0) is 74.4 Å². The van der Waals surface area contributed by atoms with Crippen LogP contribution in [0.2, 0.25) is 10.0 Å². The molecule has 0 aliphatic heterocycles. The van der Waals surface area contributed by atoms with Crippen LogP contribution in [0.15, 0.2) is 65.6 Å². The Hall–Kier alpha value is -2.54. The van der Waals surface area contributed by atoms with Crippen molar-refractivity contribution < 1.29 is 13.2 Å². The number of carbonyl (C=O) groups excluding carboxylic acids is 1. The molecule has 1 N–H and O–H groups in total. The van der Waals surface area contributed by atoms with E-state index in [-0.39, 0.29) is 4.90 Å². The van der Waals surface area contributed by atoms with Gasteiger partial charge in [-0.3, -0.25) is 9.10 Å². The maximum atomic E-state index is 13.5. The first-order chi connectivity index (χ1) is 14.5. The third-order valence-corrected chi connectivity index (χ3v) is 6.76. The number of amides is 1. The van der Waals surface area contributed by atoms with E-state index in [4.69, 9.17) is 23.2 Å². The topological polar surface area (TPSA) is 66.5 Å². The Balaban J connectivity index is 1.99. The van der Waals surface area contributed by atoms with Crippen molar-refractivity contribution in [2.75, 3.05) is 16.2 Å². The number of nitrogens with one attached hydrogen (secondary N) is 1. The Bertz CT molecular complexity index is 1190. The Labute approximate surface area is 192 Å². The van der Waals surface area contributed by atoms with Crippen molar-refractivity contribution in [3.8, 4) is 0 Å². The summed E-state index contributed by atoms with van der Waals surface area (Å²) in [6.45, 7) is 5.22. The molecule has 162 valence electrons. The largest absolute Gasteiger partial charge is 0.324 e. The highest BCUT2D eigenvalue weighted by molar-refractivity contribution is 7.92. The Morgan fingerprint density at radius 3 is 1.94 bits per heavy atom. The maximum Gasteiger partial charge on any atom is 0.264 e. The first kappa shape index (κ1) is 23.1. The van der Waals surface area contributed by atoms with Gasteiger partial charge in [-0.25, -0.2) is 8.42 Å². The van der Waals surface area contributed by atoms with E-state index in [1.807, 2.05) is 26.8 Å². The summed E-state index contributed by atoms with van der Waals surface area (Å²) in [7, 11) is -3.99. The number of nitrogens with zero attached hydrogens (tertiary/aromatic N) is 1. The van der Waals surface area contributed by atoms with Crippen LogP contribution in [-0.2, 0) is 14.8 Å². The number of hydrogen-bond acceptors (Lipinski definition) is 3. The zero-order valence-corrected chi connectivity index (χ0v) is 19.6. The number of hydrogen-bond donors (Lipinski definition) is 1. The molecule has 8 heteroatoms. The summed E-state index contributed by atoms with van der Waals surface area (Å²) in [5, 5.41) is 3.40. The summed E-state index contributed by atoms with van der Waals surface area (Å²) >= 11 is 12.0. The van der Waals surface area contributed by atoms with Crippen molar-refractivity contribution in [1.29, 1.82) is 0 Å². The Kier molecular flexibility index (Phi) is 6.94. The van der Waals surface area contributed by atoms with Crippen molar-refractivity contribution in [3.63, 3.8) is 0 Å². The predicted molar refractivity (Wildman–Crippen MR) is 127 cm³/mol. The quantitative estimate of drug-likeness (QED) is 0.492. The number of aryl methyl sites for hydroxylation is 3. The van der Waals surface area contributed by atoms with E-state index in [0.717, 1.165) is 21.0 Å². The van der Waals surface area contributed by atoms with Gasteiger partial charge in [0.15, 0.2) is 0 Å². The van der Waals surface area contributed by atoms with Crippen LogP contribution in [0.3, 0.4) is 0 Å². The van der Waals surface area contributed by atoms with Crippen LogP contribution in [0, 0.1) is 20.8 Å². The van der Waals surface area contributed by atoms with Gasteiger partial charge < -0.3 is 5.32 Å². The van der Waals surface area contributed by atoms with E-state index in [1.54, 1.807) is 42.5 Å². The molecule has 0 spiro atoms. The maximum absolute atomic E-state index is 13.5. The highest BCUT2D eigenvalue weighted by Crippen LogP contribution is 2.27. The van der Waals surface area contributed by atoms with Gasteiger partial charge in [-0.2, -0.15) is 0 Å². The molecule has 0 aromatic heterocycles. The van der Waals surface area contributed by atoms with Crippen LogP contribution >= 0.6 is 23.2 Å². The first-order valence-corrected chi connectivity index (χ1v) is 11.7. The third kappa shape index (κ3) is 5.79. The van der Waals surface area contributed by atoms with Crippen molar-refractivity contribution in [2.45, 2.75) is 25.7 Å². The average Bonchev–Trinajstić information content (AvgIpc) is 2.64. The molecule has 1 amide bonds. The molecule has 3 rings (SSSR count). The standard InChI is InChI=1S/C23H22Cl2N2O3S/c1-15-4-6-22(7-5-15)31(29,30)27(21-9-16(2)8-17(3)10-21)14-23(28)26-20-12-18(24)11-19(25)13-20/h4-13H,14H2,1-3H3,(H,26,28). The lowest BCUT2D eigenvalue weighted by molar-refractivity contribution is -0.114. The molecule has 0 radical (unpaired) electrons. The molecular formula is C23H22Cl2N2O3S. The van der Waals surface area contributed by atoms with Gasteiger partial charge in [0, 0.05) is 15.7 Å². The van der Waals surface area contributed by atoms with Gasteiger partial charge in [0.05, 0.1) is 10.6 Å². The van der Waals surface area contributed by atoms with Gasteiger partial charge in [0.25, 0.3) is 10.0 Å². The van der Waals surface area contributed by atoms with E-state index >= 15 is 0 Å². The van der Waals surface area contributed by atoms with E-state index in [9.17, 15) is 13.2 Å². The van der Waals surface area contributed by atoms with Crippen molar-refractivity contribution in [1.82, 2.24) is 0 Å². The van der Waals surface area contributed by atoms with Gasteiger partial charge in [-0.15, -0.1) is 0 Å². The van der Waals surface area contributed by atoms with Crippen molar-refractivity contribution in [3.05, 3.63) is 87.4 Å². The summed E-state index contributed by atoms with van der Waals surface area (Å²) in [5.41, 5.74) is 3.52. The lowest BCUT2D eigenvalue weighted by atomic mass is 10.1. The number of rotatable bonds is 6. The van der Waals surface area contributed by atoms with Crippen LogP contribution in [0.1, 0.15) is 16.7 Å². The zero-order chi connectivity index (χ0) is 22.8. The summed E-state index contributed by atoms with van der Waals surface area (Å²) < 4.78 is 28.0. The fourth-order valence-electron chi connectivity index (χ4n) is 3.20. The average molecular weight is 477 g/mol. The van der Waals surface area contributed by atoms with Crippen LogP contribution in [0.5, 0.6) is 0 Å². The second-order valence-electron chi connectivity index (χ2n) is 7.38. The van der Waals surface area contributed by atoms with Gasteiger partial charge in [0.1, 0.15) is 6.54 Å². The molecule has 0 unspecified atom stereocenters. The molecule has 0 aliphatic carbocycles. The summed E-state index contributed by atoms with van der Waals surface area (Å²) in [6.07, 6.45) is 0. The summed E-state index contributed by atoms with van der Waals surface area (Å²) in [6, 6.07) is 16.6. The van der Waals surface area contributed by atoms with Crippen LogP contribution in [0.4, 0.5) is 11.4 Å². The Morgan fingerprint density at radius 1 is 0.839 bits per heavy atom. The van der Waals surface area contributed by atoms with Crippen molar-refractivity contribution in [2.24, 2.45) is 0 Å². The minimum absolute atomic E-state index is 0.107. The molecular weight excluding hydrogens is 455 g/mol. The SMILES string of the molecule is Cc1ccc(S(=O)(=O)N(CC(=O)Nc2cc(Cl)cc(Cl)c2)c2cc(C)cc(C)c2)cc1. The molecule has 0 bridgehead atoms. The number of carbonyl (C=O) groups is 1. The second kappa shape index (κ2) is 9.30. The van der Waals surface area contributed by atoms with Crippen LogP contribution in [-0.4, -0.2) is 20.9 Å². The predicted octanol–water partition coefficient (Wildman–Crippen LogP) is 5.75. The fraction of sp³-hybridized carbons (Fsp3) is 0.174. The van der Waals surface area contributed by atoms with Gasteiger partial charge >= 0.3 is 0 Å². The van der Waals surface area contributed by atoms with Gasteiger partial charge in [-0.1, -0.05) is 47.0 Å². The van der Waals surface area contributed by atoms with E-state index in [1.165, 1.54) is 12.1 Å². The monoisotopic (exact) mass is 476 g/mol. The number of sulfonamides is 1. The highest BCUT2D eigenvalue weighted by Gasteiger charge is 2.27. The number of benzene rings is 3. The van der Waals surface area contributed by atoms with E-state index < -0.39 is 22.5 Å². The third-order valence-electron chi connectivity index (χ3n) is 4.54. The molecule has 5 nitrogen and oxygen atoms in total. The number of halogens is 2. The first-order valence-electron chi connectivity index (χ1n) is 9.48. The zero-order valence-electron chi connectivity index (χ0n) is 17.3. The molecule has 31 heavy (non-hydrogen) atoms. The van der Waals surface area contributed by atoms with E-state index in [2.05, 4.69) is 5.32 Å². The minimum atomic E-state index is -3.99. The van der Waals surface area contributed by atoms with Crippen molar-refractivity contribution >= 4 is 50.5 Å². The van der Waals surface area contributed by atoms with E-state index in [0.29, 0.717) is 21.4 Å². The Morgan fingerprint density at radius 2 is 1.39 bits per heavy atom. The molecule has 0 atom stereocenters. The van der Waals surface area contributed by atoms with Crippen LogP contribution in [0.25, 0.3) is 0 Å². The second-order valence-corrected chi connectivity index (χ2v) is 10.1. The summed E-state index contributed by atoms with van der Waals surface area (Å²) in [4.78, 5) is 12.9. The molecule has 0 fully saturated rings. The molecule has 0 heterocycles. The lowest BCUT2D eigenvalue weighted by Gasteiger charge is -2.25. The molecule has 3 aromatic rings. The molecule has 0 aliphatic rings. The normalized spacial score (nSPS) is 11.3. The van der Waals surface area contributed by atoms with Crippen LogP contribution < -0.4 is 9.62 Å².